The monoisotopic (exact) mass is 665 g/mol. The molecule has 0 spiro atoms. The number of allylic oxidation sites excluding steroid dienone is 2. The van der Waals surface area contributed by atoms with Gasteiger partial charge in [-0.25, -0.2) is 0 Å². The first-order valence-electron chi connectivity index (χ1n) is 21.6. The van der Waals surface area contributed by atoms with Crippen LogP contribution in [-0.4, -0.2) is 12.1 Å². The fourth-order valence-corrected chi connectivity index (χ4v) is 13.5. The van der Waals surface area contributed by atoms with Gasteiger partial charge in [0.05, 0.1) is 0 Å². The predicted octanol–water partition coefficient (Wildman–Crippen LogP) is 14.1. The molecule has 2 heteroatoms. The van der Waals surface area contributed by atoms with Gasteiger partial charge in [-0.3, -0.25) is 4.79 Å². The molecule has 0 aromatic rings. The van der Waals surface area contributed by atoms with Gasteiger partial charge in [0, 0.05) is 11.8 Å². The van der Waals surface area contributed by atoms with E-state index in [1.807, 2.05) is 5.57 Å². The summed E-state index contributed by atoms with van der Waals surface area (Å²) in [4.78, 5) is 13.2. The Morgan fingerprint density at radius 2 is 1.31 bits per heavy atom. The normalized spacial score (nSPS) is 41.7. The van der Waals surface area contributed by atoms with E-state index < -0.39 is 0 Å². The van der Waals surface area contributed by atoms with Crippen LogP contribution < -0.4 is 0 Å². The lowest BCUT2D eigenvalue weighted by Crippen LogP contribution is -2.65. The lowest BCUT2D eigenvalue weighted by Gasteiger charge is -2.71. The lowest BCUT2D eigenvalue weighted by molar-refractivity contribution is -0.213. The third-order valence-corrected chi connectivity index (χ3v) is 17.1. The predicted molar refractivity (Wildman–Crippen MR) is 205 cm³/mol. The van der Waals surface area contributed by atoms with Gasteiger partial charge in [0.15, 0.2) is 0 Å². The zero-order chi connectivity index (χ0) is 34.8. The molecule has 4 saturated carbocycles. The van der Waals surface area contributed by atoms with Crippen LogP contribution in [0.4, 0.5) is 0 Å². The van der Waals surface area contributed by atoms with Crippen molar-refractivity contribution in [1.29, 1.82) is 0 Å². The molecule has 0 aromatic heterocycles. The summed E-state index contributed by atoms with van der Waals surface area (Å²) < 4.78 is 6.42. The number of carbonyl (C=O) groups excluding carboxylic acids is 1. The summed E-state index contributed by atoms with van der Waals surface area (Å²) in [5.41, 5.74) is 3.40. The van der Waals surface area contributed by atoms with Crippen LogP contribution in [0.25, 0.3) is 0 Å². The van der Waals surface area contributed by atoms with Crippen molar-refractivity contribution in [2.75, 3.05) is 0 Å². The minimum Gasteiger partial charge on any atom is -0.462 e. The SMILES string of the molecule is CCCCCCCCCCCCCCCC(=O)O[C@H]1CC[C@@]2(C)C(CC[C@]3(C)C2CC=C2C4[C@@H](C)C(C)CC[C@]4(C)CCC23C)C1(C)C. The summed E-state index contributed by atoms with van der Waals surface area (Å²) in [7, 11) is 0. The Balaban J connectivity index is 1.12. The number of ether oxygens (including phenoxy) is 1. The Morgan fingerprint density at radius 3 is 1.94 bits per heavy atom. The van der Waals surface area contributed by atoms with E-state index in [1.165, 1.54) is 128 Å². The molecule has 0 aliphatic heterocycles. The zero-order valence-electron chi connectivity index (χ0n) is 33.6. The number of rotatable bonds is 15. The Labute approximate surface area is 299 Å². The Hall–Kier alpha value is -0.790. The number of carbonyl (C=O) groups is 1. The maximum Gasteiger partial charge on any atom is 0.306 e. The molecule has 5 unspecified atom stereocenters. The van der Waals surface area contributed by atoms with Crippen molar-refractivity contribution in [2.45, 2.75) is 216 Å². The number of esters is 1. The van der Waals surface area contributed by atoms with Gasteiger partial charge < -0.3 is 4.74 Å². The molecule has 5 aliphatic carbocycles. The second-order valence-corrected chi connectivity index (χ2v) is 20.1. The quantitative estimate of drug-likeness (QED) is 0.0989. The molecule has 48 heavy (non-hydrogen) atoms. The molecular weight excluding hydrogens is 585 g/mol. The average Bonchev–Trinajstić information content (AvgIpc) is 3.03. The Bertz CT molecular complexity index is 1100. The lowest BCUT2D eigenvalue weighted by atomic mass is 9.33. The largest absolute Gasteiger partial charge is 0.462 e. The van der Waals surface area contributed by atoms with Crippen molar-refractivity contribution < 1.29 is 9.53 Å². The summed E-state index contributed by atoms with van der Waals surface area (Å²) in [6.07, 6.45) is 32.7. The topological polar surface area (TPSA) is 26.3 Å². The van der Waals surface area contributed by atoms with Crippen LogP contribution in [0.3, 0.4) is 0 Å². The van der Waals surface area contributed by atoms with Gasteiger partial charge >= 0.3 is 5.97 Å². The first kappa shape index (κ1) is 38.4. The minimum atomic E-state index is 0.0311. The van der Waals surface area contributed by atoms with E-state index in [1.54, 1.807) is 0 Å². The van der Waals surface area contributed by atoms with E-state index in [4.69, 9.17) is 4.74 Å². The van der Waals surface area contributed by atoms with Crippen LogP contribution in [0.5, 0.6) is 0 Å². The van der Waals surface area contributed by atoms with Gasteiger partial charge in [0.1, 0.15) is 6.10 Å². The maximum atomic E-state index is 13.2. The molecule has 0 radical (unpaired) electrons. The fourth-order valence-electron chi connectivity index (χ4n) is 13.5. The van der Waals surface area contributed by atoms with Crippen molar-refractivity contribution in [1.82, 2.24) is 0 Å². The second-order valence-electron chi connectivity index (χ2n) is 20.1. The summed E-state index contributed by atoms with van der Waals surface area (Å²) in [5.74, 6) is 3.81. The van der Waals surface area contributed by atoms with Gasteiger partial charge in [-0.15, -0.1) is 0 Å². The molecule has 2 nitrogen and oxygen atoms in total. The molecule has 4 fully saturated rings. The van der Waals surface area contributed by atoms with Crippen LogP contribution in [0, 0.1) is 56.7 Å². The summed E-state index contributed by atoms with van der Waals surface area (Å²) in [6.45, 7) is 23.1. The smallest absolute Gasteiger partial charge is 0.306 e. The summed E-state index contributed by atoms with van der Waals surface area (Å²) in [5, 5.41) is 0. The highest BCUT2D eigenvalue weighted by molar-refractivity contribution is 5.69. The van der Waals surface area contributed by atoms with Crippen molar-refractivity contribution in [2.24, 2.45) is 56.7 Å². The van der Waals surface area contributed by atoms with Crippen LogP contribution in [0.15, 0.2) is 11.6 Å². The minimum absolute atomic E-state index is 0.0311. The number of hydrogen-bond donors (Lipinski definition) is 0. The molecular formula is C46H80O2. The number of fused-ring (bicyclic) bond motifs is 7. The number of unbranched alkanes of at least 4 members (excludes halogenated alkanes) is 12. The molecule has 0 amide bonds. The molecule has 0 N–H and O–H groups in total. The van der Waals surface area contributed by atoms with Gasteiger partial charge in [-0.05, 0) is 115 Å². The Kier molecular flexibility index (Phi) is 12.4. The molecule has 0 bridgehead atoms. The summed E-state index contributed by atoms with van der Waals surface area (Å²) >= 11 is 0. The van der Waals surface area contributed by atoms with Gasteiger partial charge in [-0.2, -0.15) is 0 Å². The second kappa shape index (κ2) is 15.4. The van der Waals surface area contributed by atoms with Crippen molar-refractivity contribution in [3.05, 3.63) is 11.6 Å². The van der Waals surface area contributed by atoms with Gasteiger partial charge in [-0.1, -0.05) is 151 Å². The first-order valence-corrected chi connectivity index (χ1v) is 21.6. The zero-order valence-corrected chi connectivity index (χ0v) is 33.6. The van der Waals surface area contributed by atoms with E-state index in [9.17, 15) is 4.79 Å². The third kappa shape index (κ3) is 7.14. The van der Waals surface area contributed by atoms with E-state index in [-0.39, 0.29) is 17.5 Å². The van der Waals surface area contributed by atoms with Crippen molar-refractivity contribution in [3.63, 3.8) is 0 Å². The third-order valence-electron chi connectivity index (χ3n) is 17.1. The van der Waals surface area contributed by atoms with Crippen molar-refractivity contribution >= 4 is 5.97 Å². The van der Waals surface area contributed by atoms with Crippen molar-refractivity contribution in [3.8, 4) is 0 Å². The van der Waals surface area contributed by atoms with E-state index >= 15 is 0 Å². The van der Waals surface area contributed by atoms with E-state index in [0.717, 1.165) is 36.5 Å². The molecule has 10 atom stereocenters. The highest BCUT2D eigenvalue weighted by atomic mass is 16.5. The van der Waals surface area contributed by atoms with Crippen LogP contribution in [0.1, 0.15) is 210 Å². The van der Waals surface area contributed by atoms with Crippen LogP contribution in [-0.2, 0) is 9.53 Å². The first-order chi connectivity index (χ1) is 22.7. The standard InChI is InChI=1S/C46H80O2/c1-10-11-12-13-14-15-16-17-18-19-20-21-22-23-40(47)48-39-28-30-44(7)37(42(39,4)5)27-31-46(9)38(44)25-24-36-41-35(3)34(2)26-29-43(41,6)32-33-45(36,46)8/h24,34-35,37-39,41H,10-23,25-33H2,1-9H3/t34?,35-,37?,38?,39-,41?,43+,44-,45?,46+/m0/s1. The molecule has 5 rings (SSSR count). The molecule has 276 valence electrons. The average molecular weight is 665 g/mol. The summed E-state index contributed by atoms with van der Waals surface area (Å²) in [6, 6.07) is 0. The van der Waals surface area contributed by atoms with E-state index in [2.05, 4.69) is 68.4 Å². The fraction of sp³-hybridized carbons (Fsp3) is 0.935. The van der Waals surface area contributed by atoms with Crippen LogP contribution in [0.2, 0.25) is 0 Å². The van der Waals surface area contributed by atoms with E-state index in [0.29, 0.717) is 34.0 Å². The highest BCUT2D eigenvalue weighted by Gasteiger charge is 2.68. The molecule has 0 aromatic carbocycles. The molecule has 5 aliphatic rings. The van der Waals surface area contributed by atoms with Gasteiger partial charge in [0.25, 0.3) is 0 Å². The van der Waals surface area contributed by atoms with Crippen LogP contribution >= 0.6 is 0 Å². The Morgan fingerprint density at radius 1 is 0.708 bits per heavy atom. The number of hydrogen-bond acceptors (Lipinski definition) is 2. The maximum absolute atomic E-state index is 13.2. The highest BCUT2D eigenvalue weighted by Crippen LogP contribution is 2.75. The molecule has 0 heterocycles. The van der Waals surface area contributed by atoms with Gasteiger partial charge in [0.2, 0.25) is 0 Å². The molecule has 0 saturated heterocycles.